The zero-order valence-electron chi connectivity index (χ0n) is 7.09. The van der Waals surface area contributed by atoms with Gasteiger partial charge in [0, 0.05) is 18.8 Å². The molecule has 0 amide bonds. The second kappa shape index (κ2) is 3.05. The lowest BCUT2D eigenvalue weighted by Gasteiger charge is -2.28. The Kier molecular flexibility index (Phi) is 2.02. The van der Waals surface area contributed by atoms with Gasteiger partial charge >= 0.3 is 0 Å². The van der Waals surface area contributed by atoms with Crippen LogP contribution < -0.4 is 0 Å². The summed E-state index contributed by atoms with van der Waals surface area (Å²) in [6.45, 7) is 0. The second-order valence-electron chi connectivity index (χ2n) is 3.54. The highest BCUT2D eigenvalue weighted by atomic mass is 19.2. The third-order valence-corrected chi connectivity index (χ3v) is 2.69. The normalized spacial score (nSPS) is 33.5. The number of carbonyl (C=O) groups excluding carboxylic acids is 1. The van der Waals surface area contributed by atoms with Crippen LogP contribution in [0.3, 0.4) is 0 Å². The van der Waals surface area contributed by atoms with Gasteiger partial charge in [0.15, 0.2) is 6.17 Å². The summed E-state index contributed by atoms with van der Waals surface area (Å²) in [5, 5.41) is 0. The minimum absolute atomic E-state index is 0.0412. The van der Waals surface area contributed by atoms with Crippen LogP contribution >= 0.6 is 0 Å². The number of Topliss-reactive ketones (excluding diaryl/α,β-unsaturated/α-hetero) is 1. The molecule has 3 heteroatoms. The number of fused-ring (bicyclic) bond motifs is 1. The molecule has 2 aliphatic carbocycles. The monoisotopic (exact) mass is 184 g/mol. The molecule has 0 bridgehead atoms. The van der Waals surface area contributed by atoms with E-state index in [1.165, 1.54) is 6.08 Å². The standard InChI is InChI=1S/C10H10F2O/c11-9-4-2-6-1-3-7(13)5-8(6)10(9)12/h2,4,8,10H,1,3,5H2. The summed E-state index contributed by atoms with van der Waals surface area (Å²) >= 11 is 0. The lowest BCUT2D eigenvalue weighted by Crippen LogP contribution is -2.28. The molecule has 0 aromatic heterocycles. The summed E-state index contributed by atoms with van der Waals surface area (Å²) in [5.74, 6) is -1.23. The summed E-state index contributed by atoms with van der Waals surface area (Å²) in [5.41, 5.74) is 0.883. The van der Waals surface area contributed by atoms with E-state index in [1.807, 2.05) is 0 Å². The highest BCUT2D eigenvalue weighted by Gasteiger charge is 2.35. The Morgan fingerprint density at radius 3 is 2.85 bits per heavy atom. The van der Waals surface area contributed by atoms with E-state index in [0.717, 1.165) is 5.57 Å². The first kappa shape index (κ1) is 8.60. The molecule has 0 N–H and O–H groups in total. The molecule has 0 spiro atoms. The van der Waals surface area contributed by atoms with Crippen LogP contribution in [0.2, 0.25) is 0 Å². The first-order valence-corrected chi connectivity index (χ1v) is 4.40. The van der Waals surface area contributed by atoms with Gasteiger partial charge in [-0.25, -0.2) is 8.78 Å². The lowest BCUT2D eigenvalue weighted by molar-refractivity contribution is -0.121. The smallest absolute Gasteiger partial charge is 0.158 e. The zero-order chi connectivity index (χ0) is 9.42. The fourth-order valence-corrected chi connectivity index (χ4v) is 1.92. The number of carbonyl (C=O) groups is 1. The Balaban J connectivity index is 2.26. The third-order valence-electron chi connectivity index (χ3n) is 2.69. The molecule has 2 rings (SSSR count). The van der Waals surface area contributed by atoms with Crippen LogP contribution in [0.4, 0.5) is 8.78 Å². The number of hydrogen-bond acceptors (Lipinski definition) is 1. The van der Waals surface area contributed by atoms with Crippen molar-refractivity contribution in [2.24, 2.45) is 5.92 Å². The molecule has 2 atom stereocenters. The number of alkyl halides is 1. The van der Waals surface area contributed by atoms with Crippen molar-refractivity contribution in [3.05, 3.63) is 23.6 Å². The topological polar surface area (TPSA) is 17.1 Å². The van der Waals surface area contributed by atoms with Crippen LogP contribution in [0, 0.1) is 5.92 Å². The maximum atomic E-state index is 13.2. The van der Waals surface area contributed by atoms with Gasteiger partial charge in [0.1, 0.15) is 11.6 Å². The minimum Gasteiger partial charge on any atom is -0.300 e. The Labute approximate surface area is 75.1 Å². The van der Waals surface area contributed by atoms with Crippen LogP contribution in [-0.4, -0.2) is 12.0 Å². The molecule has 2 unspecified atom stereocenters. The Bertz CT molecular complexity index is 304. The molecular weight excluding hydrogens is 174 g/mol. The van der Waals surface area contributed by atoms with Crippen LogP contribution in [-0.2, 0) is 4.79 Å². The molecule has 0 radical (unpaired) electrons. The minimum atomic E-state index is -1.59. The van der Waals surface area contributed by atoms with Crippen LogP contribution in [0.5, 0.6) is 0 Å². The van der Waals surface area contributed by atoms with E-state index in [4.69, 9.17) is 0 Å². The van der Waals surface area contributed by atoms with E-state index in [-0.39, 0.29) is 12.2 Å². The third kappa shape index (κ3) is 1.43. The summed E-state index contributed by atoms with van der Waals surface area (Å²) in [6, 6.07) is 0. The number of hydrogen-bond donors (Lipinski definition) is 0. The summed E-state index contributed by atoms with van der Waals surface area (Å²) in [7, 11) is 0. The molecular formula is C10H10F2O. The van der Waals surface area contributed by atoms with Gasteiger partial charge in [0.2, 0.25) is 0 Å². The van der Waals surface area contributed by atoms with Gasteiger partial charge in [-0.1, -0.05) is 11.6 Å². The van der Waals surface area contributed by atoms with Gasteiger partial charge in [-0.3, -0.25) is 4.79 Å². The van der Waals surface area contributed by atoms with Gasteiger partial charge in [0.25, 0.3) is 0 Å². The van der Waals surface area contributed by atoms with Gasteiger partial charge in [-0.15, -0.1) is 0 Å². The van der Waals surface area contributed by atoms with E-state index >= 15 is 0 Å². The van der Waals surface area contributed by atoms with Gasteiger partial charge in [-0.2, -0.15) is 0 Å². The quantitative estimate of drug-likeness (QED) is 0.565. The van der Waals surface area contributed by atoms with Gasteiger partial charge in [-0.05, 0) is 12.5 Å². The SMILES string of the molecule is O=C1CCC2=CC=C(F)C(F)C2C1. The van der Waals surface area contributed by atoms with Crippen molar-refractivity contribution >= 4 is 5.78 Å². The fraction of sp³-hybridized carbons (Fsp3) is 0.500. The molecule has 0 heterocycles. The van der Waals surface area contributed by atoms with Crippen molar-refractivity contribution < 1.29 is 13.6 Å². The number of ketones is 1. The molecule has 1 fully saturated rings. The predicted octanol–water partition coefficient (Wildman–Crippen LogP) is 2.49. The Morgan fingerprint density at radius 2 is 2.08 bits per heavy atom. The van der Waals surface area contributed by atoms with E-state index in [1.54, 1.807) is 6.08 Å². The predicted molar refractivity (Wildman–Crippen MR) is 44.5 cm³/mol. The number of allylic oxidation sites excluding steroid dienone is 4. The van der Waals surface area contributed by atoms with Crippen molar-refractivity contribution in [1.82, 2.24) is 0 Å². The van der Waals surface area contributed by atoms with E-state index in [9.17, 15) is 13.6 Å². The molecule has 13 heavy (non-hydrogen) atoms. The first-order chi connectivity index (χ1) is 6.18. The largest absolute Gasteiger partial charge is 0.300 e. The first-order valence-electron chi connectivity index (χ1n) is 4.40. The highest BCUT2D eigenvalue weighted by molar-refractivity contribution is 5.81. The number of rotatable bonds is 0. The molecule has 0 saturated heterocycles. The molecule has 0 aliphatic heterocycles. The maximum Gasteiger partial charge on any atom is 0.158 e. The second-order valence-corrected chi connectivity index (χ2v) is 3.54. The summed E-state index contributed by atoms with van der Waals surface area (Å²) < 4.78 is 26.1. The fourth-order valence-electron chi connectivity index (χ4n) is 1.92. The average Bonchev–Trinajstić information content (AvgIpc) is 2.12. The van der Waals surface area contributed by atoms with Crippen molar-refractivity contribution in [2.75, 3.05) is 0 Å². The summed E-state index contributed by atoms with van der Waals surface area (Å²) in [6.07, 6.45) is 2.42. The van der Waals surface area contributed by atoms with Gasteiger partial charge < -0.3 is 0 Å². The van der Waals surface area contributed by atoms with E-state index in [2.05, 4.69) is 0 Å². The van der Waals surface area contributed by atoms with Crippen molar-refractivity contribution in [3.63, 3.8) is 0 Å². The van der Waals surface area contributed by atoms with Gasteiger partial charge in [0.05, 0.1) is 0 Å². The highest BCUT2D eigenvalue weighted by Crippen LogP contribution is 2.37. The van der Waals surface area contributed by atoms with Crippen molar-refractivity contribution in [3.8, 4) is 0 Å². The Morgan fingerprint density at radius 1 is 1.31 bits per heavy atom. The average molecular weight is 184 g/mol. The molecule has 0 aromatic carbocycles. The van der Waals surface area contributed by atoms with Crippen molar-refractivity contribution in [2.45, 2.75) is 25.4 Å². The molecule has 70 valence electrons. The van der Waals surface area contributed by atoms with Crippen LogP contribution in [0.25, 0.3) is 0 Å². The van der Waals surface area contributed by atoms with Crippen LogP contribution in [0.15, 0.2) is 23.6 Å². The Hall–Kier alpha value is -0.990. The zero-order valence-corrected chi connectivity index (χ0v) is 7.09. The van der Waals surface area contributed by atoms with Crippen LogP contribution in [0.1, 0.15) is 19.3 Å². The molecule has 0 aromatic rings. The molecule has 1 saturated carbocycles. The molecule has 1 nitrogen and oxygen atoms in total. The summed E-state index contributed by atoms with van der Waals surface area (Å²) in [4.78, 5) is 11.0. The van der Waals surface area contributed by atoms with E-state index in [0.29, 0.717) is 12.8 Å². The lowest BCUT2D eigenvalue weighted by atomic mass is 9.78. The van der Waals surface area contributed by atoms with E-state index < -0.39 is 17.9 Å². The number of halogens is 2. The maximum absolute atomic E-state index is 13.2. The van der Waals surface area contributed by atoms with Crippen molar-refractivity contribution in [1.29, 1.82) is 0 Å². The molecule has 2 aliphatic rings.